The van der Waals surface area contributed by atoms with Gasteiger partial charge in [0.05, 0.1) is 7.11 Å². The number of Topliss-reactive ketones (excluding diaryl/α,β-unsaturated/α-hetero) is 1. The second kappa shape index (κ2) is 8.62. The van der Waals surface area contributed by atoms with Gasteiger partial charge in [-0.05, 0) is 49.3 Å². The molecule has 3 heteroatoms. The van der Waals surface area contributed by atoms with E-state index in [-0.39, 0.29) is 17.2 Å². The Morgan fingerprint density at radius 1 is 1.17 bits per heavy atom. The number of rotatable bonds is 5. The van der Waals surface area contributed by atoms with Crippen molar-refractivity contribution in [3.8, 4) is 0 Å². The summed E-state index contributed by atoms with van der Waals surface area (Å²) in [7, 11) is 1.36. The molecule has 0 aromatic rings. The first-order valence-electron chi connectivity index (χ1n) is 8.21. The summed E-state index contributed by atoms with van der Waals surface area (Å²) < 4.78 is 4.58. The molecule has 0 spiro atoms. The molecule has 0 saturated carbocycles. The minimum atomic E-state index is -0.357. The number of esters is 1. The van der Waals surface area contributed by atoms with Crippen molar-refractivity contribution in [1.82, 2.24) is 0 Å². The number of ketones is 1. The van der Waals surface area contributed by atoms with Gasteiger partial charge in [0.1, 0.15) is 0 Å². The standard InChI is InChI=1S/C21H28O3/c1-15(8-7-9-16(2)14-20(23)24-6)10-11-18-17(3)19(22)12-13-21(18,4)5/h7-11,14H,12-13H2,1-6H3. The average Bonchev–Trinajstić information content (AvgIpc) is 2.51. The van der Waals surface area contributed by atoms with Crippen molar-refractivity contribution in [3.63, 3.8) is 0 Å². The molecule has 24 heavy (non-hydrogen) atoms. The topological polar surface area (TPSA) is 43.4 Å². The molecule has 0 aromatic carbocycles. The molecule has 0 aliphatic heterocycles. The van der Waals surface area contributed by atoms with Gasteiger partial charge in [-0.15, -0.1) is 0 Å². The van der Waals surface area contributed by atoms with Crippen LogP contribution >= 0.6 is 0 Å². The molecule has 0 amide bonds. The number of hydrogen-bond donors (Lipinski definition) is 0. The van der Waals surface area contributed by atoms with Crippen molar-refractivity contribution in [3.05, 3.63) is 58.7 Å². The van der Waals surface area contributed by atoms with E-state index in [9.17, 15) is 9.59 Å². The van der Waals surface area contributed by atoms with Crippen LogP contribution in [-0.2, 0) is 14.3 Å². The average molecular weight is 328 g/mol. The summed E-state index contributed by atoms with van der Waals surface area (Å²) in [4.78, 5) is 23.1. The van der Waals surface area contributed by atoms with E-state index in [0.717, 1.165) is 28.7 Å². The highest BCUT2D eigenvalue weighted by Crippen LogP contribution is 2.39. The minimum absolute atomic E-state index is 0.0322. The Bertz CT molecular complexity index is 653. The number of carbonyl (C=O) groups excluding carboxylic acids is 2. The van der Waals surface area contributed by atoms with Gasteiger partial charge in [-0.2, -0.15) is 0 Å². The van der Waals surface area contributed by atoms with Gasteiger partial charge in [-0.1, -0.05) is 49.8 Å². The van der Waals surface area contributed by atoms with Crippen molar-refractivity contribution in [2.24, 2.45) is 5.41 Å². The van der Waals surface area contributed by atoms with Gasteiger partial charge in [0.25, 0.3) is 0 Å². The lowest BCUT2D eigenvalue weighted by atomic mass is 9.72. The molecule has 1 rings (SSSR count). The van der Waals surface area contributed by atoms with E-state index in [1.165, 1.54) is 13.2 Å². The van der Waals surface area contributed by atoms with Gasteiger partial charge >= 0.3 is 5.97 Å². The van der Waals surface area contributed by atoms with Crippen LogP contribution in [0.2, 0.25) is 0 Å². The fourth-order valence-electron chi connectivity index (χ4n) is 2.67. The van der Waals surface area contributed by atoms with E-state index in [0.29, 0.717) is 6.42 Å². The SMILES string of the molecule is COC(=O)C=C(C)C=CC=C(C)C=CC1=C(C)C(=O)CCC1(C)C. The Labute approximate surface area is 145 Å². The Kier molecular flexibility index (Phi) is 7.15. The summed E-state index contributed by atoms with van der Waals surface area (Å²) in [5.41, 5.74) is 3.93. The smallest absolute Gasteiger partial charge is 0.330 e. The Morgan fingerprint density at radius 2 is 1.83 bits per heavy atom. The number of methoxy groups -OCH3 is 1. The Hall–Kier alpha value is -2.16. The molecular formula is C21H28O3. The summed E-state index contributed by atoms with van der Waals surface area (Å²) in [6.45, 7) is 10.1. The van der Waals surface area contributed by atoms with Crippen LogP contribution in [0.15, 0.2) is 58.7 Å². The zero-order valence-corrected chi connectivity index (χ0v) is 15.6. The Balaban J connectivity index is 2.86. The van der Waals surface area contributed by atoms with Crippen molar-refractivity contribution >= 4 is 11.8 Å². The summed E-state index contributed by atoms with van der Waals surface area (Å²) in [5, 5.41) is 0. The zero-order valence-electron chi connectivity index (χ0n) is 15.6. The van der Waals surface area contributed by atoms with Crippen molar-refractivity contribution in [2.45, 2.75) is 47.5 Å². The first kappa shape index (κ1) is 19.9. The third kappa shape index (κ3) is 5.80. The summed E-state index contributed by atoms with van der Waals surface area (Å²) in [5.74, 6) is -0.108. The van der Waals surface area contributed by atoms with E-state index in [1.54, 1.807) is 0 Å². The highest BCUT2D eigenvalue weighted by atomic mass is 16.5. The van der Waals surface area contributed by atoms with Crippen molar-refractivity contribution in [1.29, 1.82) is 0 Å². The van der Waals surface area contributed by atoms with Gasteiger partial charge in [-0.25, -0.2) is 4.79 Å². The second-order valence-electron chi connectivity index (χ2n) is 6.86. The zero-order chi connectivity index (χ0) is 18.3. The highest BCUT2D eigenvalue weighted by Gasteiger charge is 2.30. The van der Waals surface area contributed by atoms with Crippen LogP contribution in [0.25, 0.3) is 0 Å². The highest BCUT2D eigenvalue weighted by molar-refractivity contribution is 5.97. The van der Waals surface area contributed by atoms with Crippen LogP contribution < -0.4 is 0 Å². The maximum atomic E-state index is 11.9. The maximum Gasteiger partial charge on any atom is 0.330 e. The monoisotopic (exact) mass is 328 g/mol. The molecule has 3 nitrogen and oxygen atoms in total. The van der Waals surface area contributed by atoms with E-state index < -0.39 is 0 Å². The summed E-state index contributed by atoms with van der Waals surface area (Å²) in [6, 6.07) is 0. The quantitative estimate of drug-likeness (QED) is 0.411. The van der Waals surface area contributed by atoms with Crippen LogP contribution in [-0.4, -0.2) is 18.9 Å². The van der Waals surface area contributed by atoms with Gasteiger partial charge in [0.15, 0.2) is 5.78 Å². The van der Waals surface area contributed by atoms with Gasteiger partial charge in [-0.3, -0.25) is 4.79 Å². The molecule has 130 valence electrons. The van der Waals surface area contributed by atoms with E-state index in [2.05, 4.69) is 24.7 Å². The van der Waals surface area contributed by atoms with E-state index in [1.807, 2.05) is 45.1 Å². The van der Waals surface area contributed by atoms with Crippen LogP contribution in [0.3, 0.4) is 0 Å². The third-order valence-electron chi connectivity index (χ3n) is 4.31. The largest absolute Gasteiger partial charge is 0.466 e. The van der Waals surface area contributed by atoms with Crippen LogP contribution in [0.4, 0.5) is 0 Å². The second-order valence-corrected chi connectivity index (χ2v) is 6.86. The number of ether oxygens (including phenoxy) is 1. The molecule has 0 fully saturated rings. The molecule has 0 radical (unpaired) electrons. The normalized spacial score (nSPS) is 19.5. The molecule has 1 aliphatic rings. The fraction of sp³-hybridized carbons (Fsp3) is 0.429. The molecule has 0 saturated heterocycles. The van der Waals surface area contributed by atoms with Crippen LogP contribution in [0.5, 0.6) is 0 Å². The minimum Gasteiger partial charge on any atom is -0.466 e. The lowest BCUT2D eigenvalue weighted by Gasteiger charge is -2.32. The molecule has 0 N–H and O–H groups in total. The first-order chi connectivity index (χ1) is 11.2. The van der Waals surface area contributed by atoms with Crippen molar-refractivity contribution in [2.75, 3.05) is 7.11 Å². The molecule has 0 heterocycles. The van der Waals surface area contributed by atoms with Crippen LogP contribution in [0.1, 0.15) is 47.5 Å². The first-order valence-corrected chi connectivity index (χ1v) is 8.21. The lowest BCUT2D eigenvalue weighted by Crippen LogP contribution is -2.24. The maximum absolute atomic E-state index is 11.9. The van der Waals surface area contributed by atoms with Gasteiger partial charge in [0, 0.05) is 12.5 Å². The van der Waals surface area contributed by atoms with Gasteiger partial charge < -0.3 is 4.74 Å². The van der Waals surface area contributed by atoms with Crippen molar-refractivity contribution < 1.29 is 14.3 Å². The molecule has 0 bridgehead atoms. The summed E-state index contributed by atoms with van der Waals surface area (Å²) in [6.07, 6.45) is 12.8. The predicted molar refractivity (Wildman–Crippen MR) is 98.5 cm³/mol. The fourth-order valence-corrected chi connectivity index (χ4v) is 2.67. The number of hydrogen-bond acceptors (Lipinski definition) is 3. The summed E-state index contributed by atoms with van der Waals surface area (Å²) >= 11 is 0. The number of carbonyl (C=O) groups is 2. The molecule has 0 atom stereocenters. The Morgan fingerprint density at radius 3 is 2.46 bits per heavy atom. The van der Waals surface area contributed by atoms with E-state index in [4.69, 9.17) is 0 Å². The van der Waals surface area contributed by atoms with Crippen LogP contribution in [0, 0.1) is 5.41 Å². The molecule has 0 aromatic heterocycles. The number of allylic oxidation sites excluding steroid dienone is 9. The molecule has 0 unspecified atom stereocenters. The third-order valence-corrected chi connectivity index (χ3v) is 4.31. The molecular weight excluding hydrogens is 300 g/mol. The predicted octanol–water partition coefficient (Wildman–Crippen LogP) is 4.87. The van der Waals surface area contributed by atoms with Gasteiger partial charge in [0.2, 0.25) is 0 Å². The molecule has 1 aliphatic carbocycles. The lowest BCUT2D eigenvalue weighted by molar-refractivity contribution is -0.134. The van der Waals surface area contributed by atoms with E-state index >= 15 is 0 Å².